The summed E-state index contributed by atoms with van der Waals surface area (Å²) >= 11 is 1.76. The molecular formula is C16H28IN3OS. The van der Waals surface area contributed by atoms with Gasteiger partial charge in [-0.15, -0.1) is 35.3 Å². The summed E-state index contributed by atoms with van der Waals surface area (Å²) in [6.07, 6.45) is 0.991. The minimum atomic E-state index is -0.0666. The fourth-order valence-corrected chi connectivity index (χ4v) is 3.61. The smallest absolute Gasteiger partial charge is 0.191 e. The molecule has 1 aromatic rings. The number of ether oxygens (including phenoxy) is 1. The average Bonchev–Trinajstić information content (AvgIpc) is 2.99. The number of rotatable bonds is 4. The van der Waals surface area contributed by atoms with Crippen molar-refractivity contribution in [1.29, 1.82) is 0 Å². The molecule has 1 heterocycles. The zero-order valence-electron chi connectivity index (χ0n) is 14.3. The van der Waals surface area contributed by atoms with Crippen molar-refractivity contribution in [2.24, 2.45) is 10.4 Å². The maximum atomic E-state index is 5.68. The van der Waals surface area contributed by atoms with Gasteiger partial charge in [0.25, 0.3) is 0 Å². The lowest BCUT2D eigenvalue weighted by Crippen LogP contribution is -2.69. The predicted molar refractivity (Wildman–Crippen MR) is 105 cm³/mol. The molecule has 1 aliphatic rings. The molecule has 1 aliphatic carbocycles. The molecule has 0 aromatic carbocycles. The Hall–Kier alpha value is -0.340. The lowest BCUT2D eigenvalue weighted by molar-refractivity contribution is -0.176. The first-order valence-electron chi connectivity index (χ1n) is 7.42. The van der Waals surface area contributed by atoms with Gasteiger partial charge >= 0.3 is 0 Å². The summed E-state index contributed by atoms with van der Waals surface area (Å²) in [6, 6.07) is 4.84. The molecule has 4 nitrogen and oxygen atoms in total. The highest BCUT2D eigenvalue weighted by Crippen LogP contribution is 2.51. The number of aliphatic imine (C=N–C) groups is 1. The van der Waals surface area contributed by atoms with Crippen LogP contribution >= 0.6 is 35.3 Å². The van der Waals surface area contributed by atoms with Crippen molar-refractivity contribution >= 4 is 41.3 Å². The van der Waals surface area contributed by atoms with Gasteiger partial charge in [0, 0.05) is 30.5 Å². The van der Waals surface area contributed by atoms with Gasteiger partial charge in [0.1, 0.15) is 0 Å². The molecule has 0 amide bonds. The molecule has 1 fully saturated rings. The van der Waals surface area contributed by atoms with Crippen LogP contribution in [0.4, 0.5) is 0 Å². The second-order valence-corrected chi connectivity index (χ2v) is 7.49. The van der Waals surface area contributed by atoms with Crippen LogP contribution in [0.5, 0.6) is 0 Å². The van der Waals surface area contributed by atoms with Gasteiger partial charge in [0.05, 0.1) is 11.6 Å². The monoisotopic (exact) mass is 437 g/mol. The summed E-state index contributed by atoms with van der Waals surface area (Å²) in [5, 5.41) is 9.10. The fraction of sp³-hybridized carbons (Fsp3) is 0.688. The van der Waals surface area contributed by atoms with E-state index in [1.54, 1.807) is 18.4 Å². The van der Waals surface area contributed by atoms with Gasteiger partial charge in [0.15, 0.2) is 5.96 Å². The largest absolute Gasteiger partial charge is 0.378 e. The molecule has 0 aliphatic heterocycles. The van der Waals surface area contributed by atoms with Gasteiger partial charge in [-0.3, -0.25) is 4.99 Å². The minimum Gasteiger partial charge on any atom is -0.378 e. The molecule has 6 heteroatoms. The average molecular weight is 437 g/mol. The van der Waals surface area contributed by atoms with Crippen molar-refractivity contribution in [3.63, 3.8) is 0 Å². The van der Waals surface area contributed by atoms with Crippen molar-refractivity contribution in [2.75, 3.05) is 14.2 Å². The number of guanidine groups is 1. The summed E-state index contributed by atoms with van der Waals surface area (Å²) < 4.78 is 5.68. The Kier molecular flexibility index (Phi) is 6.71. The van der Waals surface area contributed by atoms with Gasteiger partial charge in [-0.25, -0.2) is 0 Å². The van der Waals surface area contributed by atoms with E-state index in [1.807, 2.05) is 7.05 Å². The molecule has 0 saturated heterocycles. The Morgan fingerprint density at radius 2 is 2.14 bits per heavy atom. The summed E-state index contributed by atoms with van der Waals surface area (Å²) in [4.78, 5) is 5.67. The van der Waals surface area contributed by atoms with Crippen LogP contribution in [0.3, 0.4) is 0 Å². The van der Waals surface area contributed by atoms with Crippen LogP contribution in [0.15, 0.2) is 22.5 Å². The van der Waals surface area contributed by atoms with E-state index in [0.717, 1.165) is 12.4 Å². The van der Waals surface area contributed by atoms with Crippen molar-refractivity contribution in [3.05, 3.63) is 22.4 Å². The lowest BCUT2D eigenvalue weighted by Gasteiger charge is -2.59. The van der Waals surface area contributed by atoms with Crippen molar-refractivity contribution < 1.29 is 4.74 Å². The maximum absolute atomic E-state index is 5.68. The fourth-order valence-electron chi connectivity index (χ4n) is 2.87. The summed E-state index contributed by atoms with van der Waals surface area (Å²) in [5.74, 6) is 0.854. The van der Waals surface area contributed by atoms with E-state index in [2.05, 4.69) is 60.8 Å². The van der Waals surface area contributed by atoms with Gasteiger partial charge in [-0.05, 0) is 31.7 Å². The van der Waals surface area contributed by atoms with E-state index in [-0.39, 0.29) is 41.0 Å². The molecule has 126 valence electrons. The van der Waals surface area contributed by atoms with Crippen LogP contribution in [0.1, 0.15) is 45.0 Å². The molecule has 0 radical (unpaired) electrons. The number of methoxy groups -OCH3 is 1. The topological polar surface area (TPSA) is 45.7 Å². The third-order valence-corrected chi connectivity index (χ3v) is 6.19. The molecule has 2 N–H and O–H groups in total. The lowest BCUT2D eigenvalue weighted by atomic mass is 9.56. The molecule has 1 saturated carbocycles. The van der Waals surface area contributed by atoms with Crippen molar-refractivity contribution in [1.82, 2.24) is 10.6 Å². The summed E-state index contributed by atoms with van der Waals surface area (Å²) in [6.45, 7) is 8.82. The van der Waals surface area contributed by atoms with Crippen LogP contribution in [-0.2, 0) is 4.74 Å². The third kappa shape index (κ3) is 3.59. The Balaban J connectivity index is 0.00000242. The molecule has 3 unspecified atom stereocenters. The van der Waals surface area contributed by atoms with E-state index in [0.29, 0.717) is 6.04 Å². The van der Waals surface area contributed by atoms with Crippen molar-refractivity contribution in [3.8, 4) is 0 Å². The second-order valence-electron chi connectivity index (χ2n) is 6.51. The minimum absolute atomic E-state index is 0. The highest BCUT2D eigenvalue weighted by molar-refractivity contribution is 14.0. The van der Waals surface area contributed by atoms with E-state index < -0.39 is 0 Å². The SMILES string of the molecule is CN=C(NC(C)c1cccs1)NC1CC(C)(OC)C1(C)C.I. The first-order chi connectivity index (χ1) is 9.84. The Morgan fingerprint density at radius 1 is 1.45 bits per heavy atom. The number of halogens is 1. The normalized spacial score (nSPS) is 28.3. The number of nitrogens with one attached hydrogen (secondary N) is 2. The van der Waals surface area contributed by atoms with Crippen LogP contribution in [0.25, 0.3) is 0 Å². The molecule has 1 aromatic heterocycles. The Bertz CT molecular complexity index is 503. The molecule has 2 rings (SSSR count). The molecule has 22 heavy (non-hydrogen) atoms. The standard InChI is InChI=1S/C16H27N3OS.HI/c1-11(12-8-7-9-21-12)18-14(17-5)19-13-10-16(4,20-6)15(13,2)3;/h7-9,11,13H,10H2,1-6H3,(H2,17,18,19);1H. The maximum Gasteiger partial charge on any atom is 0.191 e. The van der Waals surface area contributed by atoms with Crippen LogP contribution in [0.2, 0.25) is 0 Å². The molecule has 0 spiro atoms. The van der Waals surface area contributed by atoms with Crippen LogP contribution in [-0.4, -0.2) is 31.8 Å². The van der Waals surface area contributed by atoms with Gasteiger partial charge in [-0.1, -0.05) is 19.9 Å². The van der Waals surface area contributed by atoms with E-state index >= 15 is 0 Å². The second kappa shape index (κ2) is 7.49. The number of nitrogens with zero attached hydrogens (tertiary/aromatic N) is 1. The van der Waals surface area contributed by atoms with Gasteiger partial charge in [0.2, 0.25) is 0 Å². The van der Waals surface area contributed by atoms with Gasteiger partial charge in [-0.2, -0.15) is 0 Å². The zero-order valence-corrected chi connectivity index (χ0v) is 17.4. The predicted octanol–water partition coefficient (Wildman–Crippen LogP) is 3.80. The first kappa shape index (κ1) is 19.7. The highest BCUT2D eigenvalue weighted by atomic mass is 127. The van der Waals surface area contributed by atoms with Crippen LogP contribution < -0.4 is 10.6 Å². The quantitative estimate of drug-likeness (QED) is 0.428. The van der Waals surface area contributed by atoms with E-state index in [9.17, 15) is 0 Å². The number of hydrogen-bond acceptors (Lipinski definition) is 3. The van der Waals surface area contributed by atoms with Crippen molar-refractivity contribution in [2.45, 2.75) is 51.8 Å². The Morgan fingerprint density at radius 3 is 2.59 bits per heavy atom. The Labute approximate surface area is 155 Å². The third-order valence-electron chi connectivity index (χ3n) is 5.14. The molecular weight excluding hydrogens is 409 g/mol. The van der Waals surface area contributed by atoms with Crippen LogP contribution in [0, 0.1) is 5.41 Å². The highest BCUT2D eigenvalue weighted by Gasteiger charge is 2.58. The summed E-state index contributed by atoms with van der Waals surface area (Å²) in [5.41, 5.74) is 0.00836. The van der Waals surface area contributed by atoms with E-state index in [1.165, 1.54) is 4.88 Å². The van der Waals surface area contributed by atoms with E-state index in [4.69, 9.17) is 4.74 Å². The van der Waals surface area contributed by atoms with Gasteiger partial charge < -0.3 is 15.4 Å². The molecule has 3 atom stereocenters. The number of hydrogen-bond donors (Lipinski definition) is 2. The number of thiophene rings is 1. The zero-order chi connectivity index (χ0) is 15.7. The summed E-state index contributed by atoms with van der Waals surface area (Å²) in [7, 11) is 3.61. The molecule has 0 bridgehead atoms. The first-order valence-corrected chi connectivity index (χ1v) is 8.30.